The van der Waals surface area contributed by atoms with Gasteiger partial charge in [0.05, 0.1) is 19.1 Å². The average Bonchev–Trinajstić information content (AvgIpc) is 2.58. The van der Waals surface area contributed by atoms with Gasteiger partial charge in [0, 0.05) is 17.0 Å². The Kier molecular flexibility index (Phi) is 3.94. The monoisotopic (exact) mass is 269 g/mol. The first-order valence-corrected chi connectivity index (χ1v) is 7.34. The second-order valence-corrected chi connectivity index (χ2v) is 7.25. The molecular weight excluding hydrogens is 242 g/mol. The van der Waals surface area contributed by atoms with E-state index in [0.717, 1.165) is 12.8 Å². The van der Waals surface area contributed by atoms with Crippen LogP contribution in [0.5, 0.6) is 0 Å². The molecule has 0 radical (unpaired) electrons. The van der Waals surface area contributed by atoms with Crippen LogP contribution in [-0.4, -0.2) is 35.3 Å². The maximum atomic E-state index is 11.4. The Bertz CT molecular complexity index is 335. The fourth-order valence-corrected chi connectivity index (χ4v) is 3.35. The van der Waals surface area contributed by atoms with E-state index < -0.39 is 0 Å². The molecule has 0 aromatic rings. The number of piperidine rings is 1. The number of carbonyl (C=O) groups excluding carboxylic acids is 1. The largest absolute Gasteiger partial charge is 0.465 e. The number of ether oxygens (including phenoxy) is 1. The lowest BCUT2D eigenvalue weighted by atomic mass is 9.82. The van der Waals surface area contributed by atoms with E-state index in [9.17, 15) is 4.79 Å². The molecule has 2 atom stereocenters. The van der Waals surface area contributed by atoms with Gasteiger partial charge in [-0.05, 0) is 47.0 Å². The molecule has 0 aromatic carbocycles. The summed E-state index contributed by atoms with van der Waals surface area (Å²) in [5.74, 6) is 0.0443. The number of hydrogen-bond donors (Lipinski definition) is 0. The zero-order valence-electron chi connectivity index (χ0n) is 12.9. The lowest BCUT2D eigenvalue weighted by Crippen LogP contribution is -2.58. The molecule has 2 rings (SSSR count). The molecule has 2 unspecified atom stereocenters. The van der Waals surface area contributed by atoms with E-state index in [2.05, 4.69) is 32.8 Å². The maximum absolute atomic E-state index is 11.4. The van der Waals surface area contributed by atoms with E-state index in [1.165, 1.54) is 6.42 Å². The highest BCUT2D eigenvalue weighted by atomic mass is 16.7. The molecule has 2 aliphatic rings. The topological polar surface area (TPSA) is 38.8 Å². The maximum Gasteiger partial charge on any atom is 0.309 e. The van der Waals surface area contributed by atoms with Crippen molar-refractivity contribution in [3.05, 3.63) is 0 Å². The molecule has 2 heterocycles. The zero-order valence-corrected chi connectivity index (χ0v) is 12.9. The van der Waals surface area contributed by atoms with Gasteiger partial charge in [0.2, 0.25) is 0 Å². The molecule has 0 spiro atoms. The van der Waals surface area contributed by atoms with Crippen LogP contribution in [0.2, 0.25) is 0 Å². The summed E-state index contributed by atoms with van der Waals surface area (Å²) in [6.45, 7) is 11.9. The van der Waals surface area contributed by atoms with Crippen molar-refractivity contribution >= 4 is 5.97 Å². The lowest BCUT2D eigenvalue weighted by molar-refractivity contribution is -0.286. The Morgan fingerprint density at radius 1 is 1.26 bits per heavy atom. The summed E-state index contributed by atoms with van der Waals surface area (Å²) < 4.78 is 5.08. The summed E-state index contributed by atoms with van der Waals surface area (Å²) in [6, 6.07) is 0. The number of cyclic esters (lactones) is 1. The second kappa shape index (κ2) is 5.06. The molecule has 110 valence electrons. The Hall–Kier alpha value is -0.610. The molecule has 0 aliphatic carbocycles. The van der Waals surface area contributed by atoms with Crippen molar-refractivity contribution in [1.29, 1.82) is 0 Å². The zero-order chi connectivity index (χ0) is 14.3. The van der Waals surface area contributed by atoms with Crippen LogP contribution >= 0.6 is 0 Å². The fraction of sp³-hybridized carbons (Fsp3) is 0.933. The molecule has 4 nitrogen and oxygen atoms in total. The standard InChI is InChI=1S/C15H27NO3/c1-11-12(9-18-13(11)17)10-19-16-14(2,3)7-6-8-15(16,4)5/h11-12H,6-10H2,1-5H3. The number of carbonyl (C=O) groups is 1. The SMILES string of the molecule is CC1C(=O)OCC1CON1C(C)(C)CCCC1(C)C. The highest BCUT2D eigenvalue weighted by Crippen LogP contribution is 2.38. The van der Waals surface area contributed by atoms with Crippen LogP contribution in [0.15, 0.2) is 0 Å². The first-order valence-electron chi connectivity index (χ1n) is 7.34. The van der Waals surface area contributed by atoms with Crippen molar-refractivity contribution in [2.45, 2.75) is 65.0 Å². The minimum Gasteiger partial charge on any atom is -0.465 e. The molecule has 0 saturated carbocycles. The smallest absolute Gasteiger partial charge is 0.309 e. The molecule has 2 aliphatic heterocycles. The van der Waals surface area contributed by atoms with Gasteiger partial charge in [-0.1, -0.05) is 6.92 Å². The quantitative estimate of drug-likeness (QED) is 0.739. The van der Waals surface area contributed by atoms with Crippen LogP contribution in [0.1, 0.15) is 53.9 Å². The van der Waals surface area contributed by atoms with E-state index in [-0.39, 0.29) is 28.9 Å². The van der Waals surface area contributed by atoms with Crippen molar-refractivity contribution in [2.24, 2.45) is 11.8 Å². The van der Waals surface area contributed by atoms with Gasteiger partial charge in [-0.25, -0.2) is 0 Å². The number of hydroxylamine groups is 2. The van der Waals surface area contributed by atoms with Crippen molar-refractivity contribution in [3.8, 4) is 0 Å². The Labute approximate surface area is 116 Å². The molecule has 0 amide bonds. The fourth-order valence-electron chi connectivity index (χ4n) is 3.35. The van der Waals surface area contributed by atoms with Crippen molar-refractivity contribution in [2.75, 3.05) is 13.2 Å². The van der Waals surface area contributed by atoms with Crippen LogP contribution in [0, 0.1) is 11.8 Å². The number of esters is 1. The predicted molar refractivity (Wildman–Crippen MR) is 73.4 cm³/mol. The summed E-state index contributed by atoms with van der Waals surface area (Å²) in [7, 11) is 0. The number of rotatable bonds is 3. The van der Waals surface area contributed by atoms with Crippen LogP contribution < -0.4 is 0 Å². The second-order valence-electron chi connectivity index (χ2n) is 7.25. The van der Waals surface area contributed by atoms with Gasteiger partial charge in [0.1, 0.15) is 0 Å². The Morgan fingerprint density at radius 3 is 2.32 bits per heavy atom. The molecule has 0 bridgehead atoms. The third-order valence-electron chi connectivity index (χ3n) is 4.61. The van der Waals surface area contributed by atoms with Gasteiger partial charge in [0.25, 0.3) is 0 Å². The molecule has 19 heavy (non-hydrogen) atoms. The van der Waals surface area contributed by atoms with Crippen molar-refractivity contribution < 1.29 is 14.4 Å². The van der Waals surface area contributed by atoms with E-state index in [0.29, 0.717) is 13.2 Å². The first kappa shape index (κ1) is 14.8. The summed E-state index contributed by atoms with van der Waals surface area (Å²) in [6.07, 6.45) is 3.53. The molecule has 0 N–H and O–H groups in total. The van der Waals surface area contributed by atoms with E-state index >= 15 is 0 Å². The molecule has 4 heteroatoms. The number of nitrogens with zero attached hydrogens (tertiary/aromatic N) is 1. The summed E-state index contributed by atoms with van der Waals surface area (Å²) >= 11 is 0. The minimum atomic E-state index is -0.0919. The Balaban J connectivity index is 1.98. The normalized spacial score (nSPS) is 34.3. The predicted octanol–water partition coefficient (Wildman–Crippen LogP) is 2.77. The third-order valence-corrected chi connectivity index (χ3v) is 4.61. The Morgan fingerprint density at radius 2 is 1.84 bits per heavy atom. The van der Waals surface area contributed by atoms with Crippen LogP contribution in [0.4, 0.5) is 0 Å². The molecule has 2 fully saturated rings. The average molecular weight is 269 g/mol. The summed E-state index contributed by atoms with van der Waals surface area (Å²) in [5.41, 5.74) is 0.100. The van der Waals surface area contributed by atoms with Gasteiger partial charge in [0.15, 0.2) is 0 Å². The third kappa shape index (κ3) is 2.95. The van der Waals surface area contributed by atoms with Crippen molar-refractivity contribution in [3.63, 3.8) is 0 Å². The van der Waals surface area contributed by atoms with Gasteiger partial charge >= 0.3 is 5.97 Å². The van der Waals surface area contributed by atoms with Crippen LogP contribution in [0.25, 0.3) is 0 Å². The highest BCUT2D eigenvalue weighted by Gasteiger charge is 2.43. The van der Waals surface area contributed by atoms with E-state index in [1.54, 1.807) is 0 Å². The van der Waals surface area contributed by atoms with E-state index in [4.69, 9.17) is 9.57 Å². The minimum absolute atomic E-state index is 0.0454. The van der Waals surface area contributed by atoms with E-state index in [1.807, 2.05) is 6.92 Å². The molecule has 0 aromatic heterocycles. The van der Waals surface area contributed by atoms with Crippen LogP contribution in [0.3, 0.4) is 0 Å². The van der Waals surface area contributed by atoms with Gasteiger partial charge in [-0.3, -0.25) is 9.63 Å². The van der Waals surface area contributed by atoms with Crippen molar-refractivity contribution in [1.82, 2.24) is 5.06 Å². The summed E-state index contributed by atoms with van der Waals surface area (Å²) in [5, 5.41) is 2.15. The van der Waals surface area contributed by atoms with Gasteiger partial charge in [-0.2, -0.15) is 5.06 Å². The summed E-state index contributed by atoms with van der Waals surface area (Å²) in [4.78, 5) is 17.5. The highest BCUT2D eigenvalue weighted by molar-refractivity contribution is 5.74. The lowest BCUT2D eigenvalue weighted by Gasteiger charge is -2.51. The number of hydrogen-bond acceptors (Lipinski definition) is 4. The van der Waals surface area contributed by atoms with Gasteiger partial charge in [-0.15, -0.1) is 0 Å². The molecule has 2 saturated heterocycles. The van der Waals surface area contributed by atoms with Crippen LogP contribution in [-0.2, 0) is 14.4 Å². The molecular formula is C15H27NO3. The first-order chi connectivity index (χ1) is 8.74. The van der Waals surface area contributed by atoms with Gasteiger partial charge < -0.3 is 4.74 Å².